The lowest BCUT2D eigenvalue weighted by atomic mass is 10.0. The van der Waals surface area contributed by atoms with E-state index < -0.39 is 12.1 Å². The summed E-state index contributed by atoms with van der Waals surface area (Å²) in [4.78, 5) is 24.5. The highest BCUT2D eigenvalue weighted by molar-refractivity contribution is 5.76. The second kappa shape index (κ2) is 57.9. The van der Waals surface area contributed by atoms with Crippen molar-refractivity contribution in [2.45, 2.75) is 347 Å². The van der Waals surface area contributed by atoms with E-state index in [9.17, 15) is 19.8 Å². The maximum Gasteiger partial charge on any atom is 0.305 e. The van der Waals surface area contributed by atoms with Crippen molar-refractivity contribution >= 4 is 11.9 Å². The second-order valence-electron chi connectivity index (χ2n) is 21.0. The summed E-state index contributed by atoms with van der Waals surface area (Å²) in [6.07, 6.45) is 70.7. The minimum absolute atomic E-state index is 0.0104. The molecule has 68 heavy (non-hydrogen) atoms. The van der Waals surface area contributed by atoms with E-state index in [1.165, 1.54) is 238 Å². The molecule has 0 radical (unpaired) electrons. The van der Waals surface area contributed by atoms with Crippen molar-refractivity contribution in [2.75, 3.05) is 13.2 Å². The Morgan fingerprint density at radius 3 is 1.06 bits per heavy atom. The third-order valence-corrected chi connectivity index (χ3v) is 14.2. The highest BCUT2D eigenvalue weighted by atomic mass is 16.5. The molecule has 0 saturated carbocycles. The van der Waals surface area contributed by atoms with Gasteiger partial charge in [-0.2, -0.15) is 0 Å². The molecule has 0 aliphatic carbocycles. The Morgan fingerprint density at radius 1 is 0.397 bits per heavy atom. The molecule has 2 unspecified atom stereocenters. The first kappa shape index (κ1) is 66.3. The zero-order valence-corrected chi connectivity index (χ0v) is 45.9. The summed E-state index contributed by atoms with van der Waals surface area (Å²) in [5.41, 5.74) is 0. The zero-order valence-electron chi connectivity index (χ0n) is 45.9. The maximum atomic E-state index is 12.5. The van der Waals surface area contributed by atoms with Crippen LogP contribution in [0.5, 0.6) is 0 Å². The lowest BCUT2D eigenvalue weighted by molar-refractivity contribution is -0.143. The summed E-state index contributed by atoms with van der Waals surface area (Å²) in [5.74, 6) is -0.105. The van der Waals surface area contributed by atoms with E-state index >= 15 is 0 Å². The lowest BCUT2D eigenvalue weighted by Gasteiger charge is -2.19. The topological polar surface area (TPSA) is 95.9 Å². The van der Waals surface area contributed by atoms with Crippen molar-refractivity contribution in [3.05, 3.63) is 24.3 Å². The van der Waals surface area contributed by atoms with Crippen molar-refractivity contribution < 1.29 is 24.5 Å². The van der Waals surface area contributed by atoms with Crippen LogP contribution in [0.4, 0.5) is 0 Å². The SMILES string of the molecule is CCCCCCCCCCCCCCCCCCCCCCC/C=C/C(O)C(CO)NC(=O)CCCCC/C=C\CCCCCCCCOC(=O)CCCCCCCCCCCCCCCCC. The van der Waals surface area contributed by atoms with Gasteiger partial charge in [-0.25, -0.2) is 0 Å². The molecule has 0 rings (SSSR count). The standard InChI is InChI=1S/C62H119NO5/c1-3-5-7-9-11-13-15-17-19-20-21-22-23-24-25-26-28-30-34-38-42-46-50-54-60(65)59(58-64)63-61(66)55-51-47-43-39-35-31-29-33-37-41-45-49-53-57-68-62(67)56-52-48-44-40-36-32-27-18-16-14-12-10-8-6-4-2/h31,35,50,54,59-60,64-65H,3-30,32-34,36-49,51-53,55-58H2,1-2H3,(H,63,66)/b35-31-,54-50+. The van der Waals surface area contributed by atoms with E-state index in [4.69, 9.17) is 4.74 Å². The van der Waals surface area contributed by atoms with Gasteiger partial charge < -0.3 is 20.3 Å². The molecule has 6 nitrogen and oxygen atoms in total. The number of hydrogen-bond donors (Lipinski definition) is 3. The summed E-state index contributed by atoms with van der Waals surface area (Å²) in [5, 5.41) is 23.2. The summed E-state index contributed by atoms with van der Waals surface area (Å²) < 4.78 is 5.47. The molecular formula is C62H119NO5. The molecule has 0 fully saturated rings. The molecule has 6 heteroatoms. The van der Waals surface area contributed by atoms with Gasteiger partial charge in [0.25, 0.3) is 0 Å². The van der Waals surface area contributed by atoms with E-state index in [0.717, 1.165) is 70.6 Å². The number of ether oxygens (including phenoxy) is 1. The minimum atomic E-state index is -0.862. The van der Waals surface area contributed by atoms with Crippen LogP contribution in [0.3, 0.4) is 0 Å². The minimum Gasteiger partial charge on any atom is -0.466 e. The number of nitrogens with one attached hydrogen (secondary N) is 1. The summed E-state index contributed by atoms with van der Waals surface area (Å²) in [7, 11) is 0. The van der Waals surface area contributed by atoms with E-state index in [-0.39, 0.29) is 18.5 Å². The number of esters is 1. The third kappa shape index (κ3) is 53.7. The molecule has 1 amide bonds. The van der Waals surface area contributed by atoms with Gasteiger partial charge in [0.05, 0.1) is 25.4 Å². The Balaban J connectivity index is 3.51. The highest BCUT2D eigenvalue weighted by Crippen LogP contribution is 2.17. The fourth-order valence-electron chi connectivity index (χ4n) is 9.51. The van der Waals surface area contributed by atoms with Crippen molar-refractivity contribution in [3.8, 4) is 0 Å². The Hall–Kier alpha value is -1.66. The molecule has 3 N–H and O–H groups in total. The Kier molecular flexibility index (Phi) is 56.5. The van der Waals surface area contributed by atoms with Crippen LogP contribution in [0.2, 0.25) is 0 Å². The molecule has 0 spiro atoms. The molecule has 0 aliphatic rings. The van der Waals surface area contributed by atoms with Gasteiger partial charge in [-0.15, -0.1) is 0 Å². The molecule has 0 aromatic rings. The number of unbranched alkanes of at least 4 members (excludes halogenated alkanes) is 44. The molecule has 0 aromatic heterocycles. The van der Waals surface area contributed by atoms with E-state index in [1.54, 1.807) is 6.08 Å². The van der Waals surface area contributed by atoms with Gasteiger partial charge >= 0.3 is 5.97 Å². The first-order valence-corrected chi connectivity index (χ1v) is 30.6. The molecule has 2 atom stereocenters. The van der Waals surface area contributed by atoms with Gasteiger partial charge in [-0.05, 0) is 57.8 Å². The Labute approximate surface area is 424 Å². The van der Waals surface area contributed by atoms with Crippen LogP contribution < -0.4 is 5.32 Å². The fraction of sp³-hybridized carbons (Fsp3) is 0.903. The number of rotatable bonds is 57. The monoisotopic (exact) mass is 958 g/mol. The average molecular weight is 959 g/mol. The fourth-order valence-corrected chi connectivity index (χ4v) is 9.51. The van der Waals surface area contributed by atoms with Crippen molar-refractivity contribution in [3.63, 3.8) is 0 Å². The van der Waals surface area contributed by atoms with Crippen LogP contribution in [-0.4, -0.2) is 47.4 Å². The Bertz CT molecular complexity index is 1060. The number of aliphatic hydroxyl groups is 2. The van der Waals surface area contributed by atoms with E-state index in [2.05, 4.69) is 31.3 Å². The molecule has 0 bridgehead atoms. The number of allylic oxidation sites excluding steroid dienone is 3. The Morgan fingerprint density at radius 2 is 0.691 bits per heavy atom. The van der Waals surface area contributed by atoms with Crippen LogP contribution >= 0.6 is 0 Å². The van der Waals surface area contributed by atoms with Crippen LogP contribution in [-0.2, 0) is 14.3 Å². The van der Waals surface area contributed by atoms with Gasteiger partial charge in [0.15, 0.2) is 0 Å². The van der Waals surface area contributed by atoms with E-state index in [0.29, 0.717) is 19.4 Å². The largest absolute Gasteiger partial charge is 0.466 e. The van der Waals surface area contributed by atoms with Gasteiger partial charge in [0, 0.05) is 12.8 Å². The molecular weight excluding hydrogens is 839 g/mol. The quantitative estimate of drug-likeness (QED) is 0.0321. The summed E-state index contributed by atoms with van der Waals surface area (Å²) in [6.45, 7) is 4.89. The van der Waals surface area contributed by atoms with Crippen LogP contribution in [0.1, 0.15) is 335 Å². The summed E-state index contributed by atoms with van der Waals surface area (Å²) in [6, 6.07) is -0.649. The molecule has 0 aromatic carbocycles. The van der Waals surface area contributed by atoms with Gasteiger partial charge in [0.1, 0.15) is 0 Å². The van der Waals surface area contributed by atoms with Crippen molar-refractivity contribution in [2.24, 2.45) is 0 Å². The molecule has 0 aliphatic heterocycles. The number of carbonyl (C=O) groups is 2. The number of aliphatic hydroxyl groups excluding tert-OH is 2. The molecule has 0 saturated heterocycles. The predicted molar refractivity (Wildman–Crippen MR) is 296 cm³/mol. The van der Waals surface area contributed by atoms with Crippen LogP contribution in [0.25, 0.3) is 0 Å². The summed E-state index contributed by atoms with van der Waals surface area (Å²) >= 11 is 0. The average Bonchev–Trinajstić information content (AvgIpc) is 3.34. The van der Waals surface area contributed by atoms with Crippen molar-refractivity contribution in [1.82, 2.24) is 5.32 Å². The van der Waals surface area contributed by atoms with Gasteiger partial charge in [-0.1, -0.05) is 289 Å². The molecule has 402 valence electrons. The first-order chi connectivity index (χ1) is 33.5. The number of amides is 1. The molecule has 0 heterocycles. The third-order valence-electron chi connectivity index (χ3n) is 14.2. The van der Waals surface area contributed by atoms with Crippen molar-refractivity contribution in [1.29, 1.82) is 0 Å². The second-order valence-corrected chi connectivity index (χ2v) is 21.0. The van der Waals surface area contributed by atoms with Crippen LogP contribution in [0.15, 0.2) is 24.3 Å². The van der Waals surface area contributed by atoms with E-state index in [1.807, 2.05) is 6.08 Å². The van der Waals surface area contributed by atoms with Gasteiger partial charge in [0.2, 0.25) is 5.91 Å². The van der Waals surface area contributed by atoms with Crippen LogP contribution in [0, 0.1) is 0 Å². The smallest absolute Gasteiger partial charge is 0.305 e. The van der Waals surface area contributed by atoms with Gasteiger partial charge in [-0.3, -0.25) is 9.59 Å². The highest BCUT2D eigenvalue weighted by Gasteiger charge is 2.18. The number of carbonyl (C=O) groups excluding carboxylic acids is 2. The zero-order chi connectivity index (χ0) is 49.3. The predicted octanol–water partition coefficient (Wildman–Crippen LogP) is 19.0. The maximum absolute atomic E-state index is 12.5. The number of hydrogen-bond acceptors (Lipinski definition) is 5. The lowest BCUT2D eigenvalue weighted by Crippen LogP contribution is -2.45. The first-order valence-electron chi connectivity index (χ1n) is 30.6. The normalized spacial score (nSPS) is 12.7.